The Bertz CT molecular complexity index is 934. The maximum Gasteiger partial charge on any atom is 0.294 e. The number of nitrogens with zero attached hydrogens (tertiary/aromatic N) is 3. The number of nitro groups is 1. The van der Waals surface area contributed by atoms with Crippen molar-refractivity contribution in [1.82, 2.24) is 14.5 Å². The molecule has 0 bridgehead atoms. The molecule has 0 fully saturated rings. The van der Waals surface area contributed by atoms with Gasteiger partial charge in [0.05, 0.1) is 9.82 Å². The van der Waals surface area contributed by atoms with Gasteiger partial charge in [0.1, 0.15) is 5.69 Å². The number of ether oxygens (including phenoxy) is 1. The van der Waals surface area contributed by atoms with Crippen molar-refractivity contribution in [3.05, 3.63) is 40.6 Å². The fourth-order valence-electron chi connectivity index (χ4n) is 2.46. The molecule has 1 heterocycles. The number of rotatable bonds is 9. The number of hydrogen-bond acceptors (Lipinski definition) is 7. The van der Waals surface area contributed by atoms with Gasteiger partial charge in [0.15, 0.2) is 5.82 Å². The van der Waals surface area contributed by atoms with Crippen LogP contribution in [0.25, 0.3) is 0 Å². The third kappa shape index (κ3) is 6.01. The highest BCUT2D eigenvalue weighted by atomic mass is 32.2. The van der Waals surface area contributed by atoms with Crippen molar-refractivity contribution in [2.45, 2.75) is 44.2 Å². The van der Waals surface area contributed by atoms with Gasteiger partial charge in [-0.25, -0.2) is 13.1 Å². The lowest BCUT2D eigenvalue weighted by atomic mass is 10.1. The maximum absolute atomic E-state index is 12.4. The van der Waals surface area contributed by atoms with Gasteiger partial charge < -0.3 is 10.1 Å². The lowest BCUT2D eigenvalue weighted by Crippen LogP contribution is -2.40. The van der Waals surface area contributed by atoms with E-state index in [2.05, 4.69) is 15.1 Å². The summed E-state index contributed by atoms with van der Waals surface area (Å²) in [5, 5.41) is 18.6. The smallest absolute Gasteiger partial charge is 0.294 e. The molecule has 0 atom stereocenters. The molecule has 2 aromatic rings. The fraction of sp³-hybridized carbons (Fsp3) is 0.471. The van der Waals surface area contributed by atoms with Crippen LogP contribution in [0.3, 0.4) is 0 Å². The molecule has 28 heavy (non-hydrogen) atoms. The van der Waals surface area contributed by atoms with Crippen molar-refractivity contribution in [3.63, 3.8) is 0 Å². The van der Waals surface area contributed by atoms with E-state index in [1.165, 1.54) is 12.1 Å². The molecule has 0 saturated heterocycles. The predicted molar refractivity (Wildman–Crippen MR) is 105 cm³/mol. The van der Waals surface area contributed by atoms with Crippen molar-refractivity contribution in [3.8, 4) is 0 Å². The Hall–Kier alpha value is -2.50. The number of hydrogen-bond donors (Lipinski definition) is 2. The molecule has 0 aliphatic carbocycles. The first-order valence-corrected chi connectivity index (χ1v) is 10.1. The number of nitro benzene ring substituents is 1. The third-order valence-corrected chi connectivity index (χ3v) is 5.31. The quantitative estimate of drug-likeness (QED) is 0.369. The van der Waals surface area contributed by atoms with E-state index in [1.54, 1.807) is 44.8 Å². The molecule has 2 rings (SSSR count). The summed E-state index contributed by atoms with van der Waals surface area (Å²) >= 11 is 0. The highest BCUT2D eigenvalue weighted by Gasteiger charge is 2.25. The van der Waals surface area contributed by atoms with Gasteiger partial charge in [0, 0.05) is 44.1 Å². The average molecular weight is 411 g/mol. The van der Waals surface area contributed by atoms with Gasteiger partial charge in [-0.05, 0) is 39.3 Å². The lowest BCUT2D eigenvalue weighted by molar-refractivity contribution is -0.384. The molecule has 10 nitrogen and oxygen atoms in total. The summed E-state index contributed by atoms with van der Waals surface area (Å²) in [6, 6.07) is 5.40. The first kappa shape index (κ1) is 21.8. The summed E-state index contributed by atoms with van der Waals surface area (Å²) in [4.78, 5) is 10.7. The minimum absolute atomic E-state index is 0.154. The monoisotopic (exact) mass is 411 g/mol. The molecule has 1 aromatic carbocycles. The van der Waals surface area contributed by atoms with Crippen LogP contribution in [0.15, 0.2) is 35.4 Å². The molecule has 154 valence electrons. The Balaban J connectivity index is 2.25. The molecule has 0 saturated carbocycles. The van der Waals surface area contributed by atoms with Crippen LogP contribution >= 0.6 is 0 Å². The Kier molecular flexibility index (Phi) is 6.75. The summed E-state index contributed by atoms with van der Waals surface area (Å²) in [5.74, 6) is 0.420. The second kappa shape index (κ2) is 8.67. The van der Waals surface area contributed by atoms with E-state index < -0.39 is 20.5 Å². The number of benzene rings is 1. The first-order valence-electron chi connectivity index (χ1n) is 8.64. The maximum atomic E-state index is 12.4. The van der Waals surface area contributed by atoms with Crippen LogP contribution in [-0.4, -0.2) is 42.4 Å². The second-order valence-electron chi connectivity index (χ2n) is 7.23. The Morgan fingerprint density at radius 1 is 1.29 bits per heavy atom. The van der Waals surface area contributed by atoms with Crippen LogP contribution in [0, 0.1) is 10.1 Å². The van der Waals surface area contributed by atoms with Gasteiger partial charge >= 0.3 is 0 Å². The normalized spacial score (nSPS) is 12.1. The molecule has 11 heteroatoms. The molecule has 0 aliphatic rings. The van der Waals surface area contributed by atoms with Crippen LogP contribution in [0.4, 0.5) is 17.2 Å². The zero-order chi connectivity index (χ0) is 20.9. The van der Waals surface area contributed by atoms with Crippen LogP contribution in [0.2, 0.25) is 0 Å². The first-order chi connectivity index (χ1) is 13.0. The van der Waals surface area contributed by atoms with Crippen molar-refractivity contribution in [2.24, 2.45) is 0 Å². The summed E-state index contributed by atoms with van der Waals surface area (Å²) < 4.78 is 34.0. The minimum Gasteiger partial charge on any atom is -0.385 e. The number of aryl methyl sites for hydroxylation is 1. The molecular formula is C17H25N5O5S. The van der Waals surface area contributed by atoms with Crippen molar-refractivity contribution in [1.29, 1.82) is 0 Å². The van der Waals surface area contributed by atoms with Crippen LogP contribution < -0.4 is 10.0 Å². The Labute approximate surface area is 164 Å². The lowest BCUT2D eigenvalue weighted by Gasteiger charge is -2.20. The van der Waals surface area contributed by atoms with E-state index in [1.807, 2.05) is 0 Å². The van der Waals surface area contributed by atoms with Crippen molar-refractivity contribution in [2.75, 3.05) is 19.0 Å². The van der Waals surface area contributed by atoms with E-state index >= 15 is 0 Å². The Morgan fingerprint density at radius 3 is 2.61 bits per heavy atom. The summed E-state index contributed by atoms with van der Waals surface area (Å²) in [7, 11) is -2.27. The van der Waals surface area contributed by atoms with Gasteiger partial charge in [-0.15, -0.1) is 0 Å². The number of nitrogens with one attached hydrogen (secondary N) is 2. The van der Waals surface area contributed by atoms with Gasteiger partial charge in [-0.1, -0.05) is 0 Å². The largest absolute Gasteiger partial charge is 0.385 e. The molecule has 0 spiro atoms. The fourth-order valence-corrected chi connectivity index (χ4v) is 3.90. The Morgan fingerprint density at radius 2 is 2.00 bits per heavy atom. The summed E-state index contributed by atoms with van der Waals surface area (Å²) in [5.41, 5.74) is -0.909. The zero-order valence-corrected chi connectivity index (χ0v) is 17.1. The van der Waals surface area contributed by atoms with Crippen LogP contribution in [0.1, 0.15) is 27.2 Å². The highest BCUT2D eigenvalue weighted by molar-refractivity contribution is 7.89. The highest BCUT2D eigenvalue weighted by Crippen LogP contribution is 2.30. The standard InChI is InChI=1S/C17H25N5O5S/c1-17(2,3)20-28(25,26)13-6-7-14(15(12-13)22(23)24)18-16-8-10-21(19-16)9-5-11-27-4/h6-8,10,12,20H,5,9,11H2,1-4H3,(H,18,19). The van der Waals surface area contributed by atoms with Crippen LogP contribution in [-0.2, 0) is 21.3 Å². The molecule has 2 N–H and O–H groups in total. The zero-order valence-electron chi connectivity index (χ0n) is 16.3. The molecular weight excluding hydrogens is 386 g/mol. The summed E-state index contributed by atoms with van der Waals surface area (Å²) in [6.07, 6.45) is 2.53. The molecule has 1 aromatic heterocycles. The molecule has 0 aliphatic heterocycles. The molecule has 0 radical (unpaired) electrons. The second-order valence-corrected chi connectivity index (χ2v) is 8.91. The third-order valence-electron chi connectivity index (χ3n) is 3.56. The van der Waals surface area contributed by atoms with Crippen molar-refractivity contribution >= 4 is 27.2 Å². The van der Waals surface area contributed by atoms with E-state index in [0.717, 1.165) is 12.5 Å². The van der Waals surface area contributed by atoms with Gasteiger partial charge in [-0.2, -0.15) is 5.10 Å². The van der Waals surface area contributed by atoms with Crippen molar-refractivity contribution < 1.29 is 18.1 Å². The molecule has 0 unspecified atom stereocenters. The van der Waals surface area contributed by atoms with E-state index in [-0.39, 0.29) is 16.3 Å². The SMILES string of the molecule is COCCCn1ccc(Nc2ccc(S(=O)(=O)NC(C)(C)C)cc2[N+](=O)[O-])n1. The number of sulfonamides is 1. The van der Waals surface area contributed by atoms with E-state index in [0.29, 0.717) is 19.0 Å². The number of methoxy groups -OCH3 is 1. The average Bonchev–Trinajstić information content (AvgIpc) is 3.00. The van der Waals surface area contributed by atoms with Crippen LogP contribution in [0.5, 0.6) is 0 Å². The van der Waals surface area contributed by atoms with Gasteiger partial charge in [0.25, 0.3) is 5.69 Å². The topological polar surface area (TPSA) is 128 Å². The number of anilines is 2. The van der Waals surface area contributed by atoms with Gasteiger partial charge in [0.2, 0.25) is 10.0 Å². The summed E-state index contributed by atoms with van der Waals surface area (Å²) in [6.45, 7) is 6.33. The van der Waals surface area contributed by atoms with E-state index in [4.69, 9.17) is 4.74 Å². The van der Waals surface area contributed by atoms with E-state index in [9.17, 15) is 18.5 Å². The minimum atomic E-state index is -3.89. The molecule has 0 amide bonds. The predicted octanol–water partition coefficient (Wildman–Crippen LogP) is 2.65. The van der Waals surface area contributed by atoms with Gasteiger partial charge in [-0.3, -0.25) is 14.8 Å². The number of aromatic nitrogens is 2.